The molecule has 1 aliphatic heterocycles. The highest BCUT2D eigenvalue weighted by Gasteiger charge is 2.20. The third-order valence-corrected chi connectivity index (χ3v) is 5.08. The van der Waals surface area contributed by atoms with Crippen LogP contribution in [0.25, 0.3) is 0 Å². The van der Waals surface area contributed by atoms with Crippen LogP contribution in [0.2, 0.25) is 0 Å². The minimum absolute atomic E-state index is 0.493. The number of hydrogen-bond donors (Lipinski definition) is 2. The van der Waals surface area contributed by atoms with E-state index in [0.717, 1.165) is 58.0 Å². The minimum Gasteiger partial charge on any atom is -0.382 e. The lowest BCUT2D eigenvalue weighted by Crippen LogP contribution is -2.48. The summed E-state index contributed by atoms with van der Waals surface area (Å²) in [5, 5.41) is 10.5. The Kier molecular flexibility index (Phi) is 9.69. The van der Waals surface area contributed by atoms with Gasteiger partial charge in [-0.05, 0) is 43.7 Å². The van der Waals surface area contributed by atoms with Crippen LogP contribution < -0.4 is 15.5 Å². The molecule has 2 N–H and O–H groups in total. The summed E-state index contributed by atoms with van der Waals surface area (Å²) in [7, 11) is 1.69. The van der Waals surface area contributed by atoms with Crippen molar-refractivity contribution in [2.45, 2.75) is 32.2 Å². The predicted octanol–water partition coefficient (Wildman–Crippen LogP) is 2.33. The fourth-order valence-electron chi connectivity index (χ4n) is 2.81. The lowest BCUT2D eigenvalue weighted by Gasteiger charge is -2.33. The van der Waals surface area contributed by atoms with Crippen LogP contribution in [-0.4, -0.2) is 65.1 Å². The summed E-state index contributed by atoms with van der Waals surface area (Å²) in [5.41, 5.74) is 0. The molecule has 0 saturated carbocycles. The van der Waals surface area contributed by atoms with Crippen LogP contribution in [0.5, 0.6) is 0 Å². The average molecular weight is 369 g/mol. The van der Waals surface area contributed by atoms with Gasteiger partial charge < -0.3 is 25.0 Å². The van der Waals surface area contributed by atoms with Gasteiger partial charge in [-0.2, -0.15) is 0 Å². The highest BCUT2D eigenvalue weighted by molar-refractivity contribution is 7.14. The Labute approximate surface area is 155 Å². The molecule has 0 radical (unpaired) electrons. The van der Waals surface area contributed by atoms with Crippen LogP contribution in [0.3, 0.4) is 0 Å². The molecule has 1 fully saturated rings. The fourth-order valence-corrected chi connectivity index (χ4v) is 3.59. The first kappa shape index (κ1) is 20.0. The molecule has 2 rings (SSSR count). The van der Waals surface area contributed by atoms with E-state index < -0.39 is 0 Å². The second-order valence-corrected chi connectivity index (χ2v) is 7.00. The van der Waals surface area contributed by atoms with Crippen molar-refractivity contribution in [3.63, 3.8) is 0 Å². The topological polar surface area (TPSA) is 58.1 Å². The third-order valence-electron chi connectivity index (χ3n) is 4.15. The van der Waals surface area contributed by atoms with Gasteiger partial charge in [0.05, 0.1) is 18.2 Å². The standard InChI is InChI=1S/C18H32N4O2S/c1-3-19-18(20-9-5-12-24-14-13-23-2)21-16-7-10-22(11-8-16)17-6-4-15-25-17/h4,6,15-16H,3,5,7-14H2,1-2H3,(H2,19,20,21). The number of thiophene rings is 1. The largest absolute Gasteiger partial charge is 0.382 e. The Morgan fingerprint density at radius 1 is 1.32 bits per heavy atom. The predicted molar refractivity (Wildman–Crippen MR) is 106 cm³/mol. The second-order valence-electron chi connectivity index (χ2n) is 6.08. The van der Waals surface area contributed by atoms with Crippen molar-refractivity contribution in [3.05, 3.63) is 17.5 Å². The Morgan fingerprint density at radius 2 is 2.16 bits per heavy atom. The van der Waals surface area contributed by atoms with Crippen LogP contribution in [0.15, 0.2) is 22.5 Å². The number of piperidine rings is 1. The maximum atomic E-state index is 5.47. The minimum atomic E-state index is 0.493. The molecule has 1 aliphatic rings. The molecule has 0 bridgehead atoms. The van der Waals surface area contributed by atoms with Crippen LogP contribution in [0.1, 0.15) is 26.2 Å². The molecule has 1 saturated heterocycles. The van der Waals surface area contributed by atoms with Gasteiger partial charge >= 0.3 is 0 Å². The van der Waals surface area contributed by atoms with E-state index >= 15 is 0 Å². The van der Waals surface area contributed by atoms with Crippen LogP contribution in [-0.2, 0) is 9.47 Å². The number of nitrogens with zero attached hydrogens (tertiary/aromatic N) is 2. The maximum absolute atomic E-state index is 5.47. The molecular formula is C18H32N4O2S. The zero-order chi connectivity index (χ0) is 17.7. The lowest BCUT2D eigenvalue weighted by molar-refractivity contribution is 0.0702. The number of aliphatic imine (C=N–C) groups is 1. The van der Waals surface area contributed by atoms with Crippen molar-refractivity contribution in [2.24, 2.45) is 4.99 Å². The summed E-state index contributed by atoms with van der Waals surface area (Å²) in [6.45, 7) is 7.99. The molecule has 1 aromatic heterocycles. The zero-order valence-electron chi connectivity index (χ0n) is 15.5. The number of ether oxygens (including phenoxy) is 2. The quantitative estimate of drug-likeness (QED) is 0.377. The molecule has 2 heterocycles. The first-order valence-electron chi connectivity index (χ1n) is 9.23. The summed E-state index contributed by atoms with van der Waals surface area (Å²) < 4.78 is 10.4. The molecule has 0 unspecified atom stereocenters. The van der Waals surface area contributed by atoms with Gasteiger partial charge in [0.2, 0.25) is 0 Å². The summed E-state index contributed by atoms with van der Waals surface area (Å²) >= 11 is 1.82. The maximum Gasteiger partial charge on any atom is 0.191 e. The van der Waals surface area contributed by atoms with Gasteiger partial charge in [0.25, 0.3) is 0 Å². The zero-order valence-corrected chi connectivity index (χ0v) is 16.3. The van der Waals surface area contributed by atoms with E-state index in [2.05, 4.69) is 45.0 Å². The van der Waals surface area contributed by atoms with Gasteiger partial charge in [-0.25, -0.2) is 0 Å². The number of anilines is 1. The molecule has 0 aromatic carbocycles. The van der Waals surface area contributed by atoms with Crippen molar-refractivity contribution in [3.8, 4) is 0 Å². The van der Waals surface area contributed by atoms with Gasteiger partial charge in [-0.3, -0.25) is 4.99 Å². The van der Waals surface area contributed by atoms with Gasteiger partial charge in [-0.1, -0.05) is 0 Å². The summed E-state index contributed by atoms with van der Waals surface area (Å²) in [6.07, 6.45) is 3.21. The van der Waals surface area contributed by atoms with E-state index in [1.54, 1.807) is 7.11 Å². The van der Waals surface area contributed by atoms with Gasteiger partial charge in [0, 0.05) is 45.9 Å². The fraction of sp³-hybridized carbons (Fsp3) is 0.722. The summed E-state index contributed by atoms with van der Waals surface area (Å²) in [6, 6.07) is 4.82. The Balaban J connectivity index is 1.67. The van der Waals surface area contributed by atoms with E-state index in [9.17, 15) is 0 Å². The highest BCUT2D eigenvalue weighted by atomic mass is 32.1. The Hall–Kier alpha value is -1.31. The van der Waals surface area contributed by atoms with Crippen molar-refractivity contribution in [1.29, 1.82) is 0 Å². The van der Waals surface area contributed by atoms with Gasteiger partial charge in [0.15, 0.2) is 5.96 Å². The van der Waals surface area contributed by atoms with Crippen LogP contribution in [0, 0.1) is 0 Å². The number of guanidine groups is 1. The first-order chi connectivity index (χ1) is 12.3. The highest BCUT2D eigenvalue weighted by Crippen LogP contribution is 2.24. The van der Waals surface area contributed by atoms with Gasteiger partial charge in [0.1, 0.15) is 0 Å². The normalized spacial score (nSPS) is 16.2. The van der Waals surface area contributed by atoms with Crippen LogP contribution in [0.4, 0.5) is 5.00 Å². The Bertz CT molecular complexity index is 473. The van der Waals surface area contributed by atoms with Gasteiger partial charge in [-0.15, -0.1) is 11.3 Å². The second kappa shape index (κ2) is 12.1. The number of nitrogens with one attached hydrogen (secondary N) is 2. The van der Waals surface area contributed by atoms with E-state index in [1.807, 2.05) is 11.3 Å². The number of methoxy groups -OCH3 is 1. The van der Waals surface area contributed by atoms with E-state index in [4.69, 9.17) is 9.47 Å². The summed E-state index contributed by atoms with van der Waals surface area (Å²) in [5.74, 6) is 0.925. The average Bonchev–Trinajstić information content (AvgIpc) is 3.16. The van der Waals surface area contributed by atoms with Crippen molar-refractivity contribution < 1.29 is 9.47 Å². The van der Waals surface area contributed by atoms with Crippen molar-refractivity contribution in [1.82, 2.24) is 10.6 Å². The first-order valence-corrected chi connectivity index (χ1v) is 10.1. The molecule has 142 valence electrons. The molecule has 6 nitrogen and oxygen atoms in total. The molecule has 0 atom stereocenters. The smallest absolute Gasteiger partial charge is 0.191 e. The number of rotatable bonds is 10. The molecule has 1 aromatic rings. The molecule has 0 amide bonds. The van der Waals surface area contributed by atoms with Crippen LogP contribution >= 0.6 is 11.3 Å². The van der Waals surface area contributed by atoms with Crippen molar-refractivity contribution >= 4 is 22.3 Å². The monoisotopic (exact) mass is 368 g/mol. The molecule has 0 spiro atoms. The third kappa shape index (κ3) is 7.63. The number of hydrogen-bond acceptors (Lipinski definition) is 5. The molecule has 0 aliphatic carbocycles. The SMILES string of the molecule is CCNC(=NCCCOCCOC)NC1CCN(c2cccs2)CC1. The van der Waals surface area contributed by atoms with E-state index in [0.29, 0.717) is 19.3 Å². The summed E-state index contributed by atoms with van der Waals surface area (Å²) in [4.78, 5) is 7.14. The molecular weight excluding hydrogens is 336 g/mol. The van der Waals surface area contributed by atoms with E-state index in [-0.39, 0.29) is 0 Å². The Morgan fingerprint density at radius 3 is 2.84 bits per heavy atom. The molecule has 25 heavy (non-hydrogen) atoms. The lowest BCUT2D eigenvalue weighted by atomic mass is 10.1. The van der Waals surface area contributed by atoms with Crippen molar-refractivity contribution in [2.75, 3.05) is 58.0 Å². The molecule has 7 heteroatoms. The van der Waals surface area contributed by atoms with E-state index in [1.165, 1.54) is 5.00 Å².